The summed E-state index contributed by atoms with van der Waals surface area (Å²) in [6.07, 6.45) is 0. The Kier molecular flexibility index (Phi) is 9.06. The number of nitrogens with zero attached hydrogens (tertiary/aromatic N) is 3. The van der Waals surface area contributed by atoms with E-state index in [-0.39, 0.29) is 30.3 Å². The molecule has 0 radical (unpaired) electrons. The first-order chi connectivity index (χ1) is 16.2. The smallest absolute Gasteiger partial charge is 0.322 e. The first-order valence-electron chi connectivity index (χ1n) is 12.0. The number of amides is 3. The second-order valence-electron chi connectivity index (χ2n) is 9.30. The fourth-order valence-corrected chi connectivity index (χ4v) is 4.00. The van der Waals surface area contributed by atoms with Crippen LogP contribution in [0.25, 0.3) is 0 Å². The van der Waals surface area contributed by atoms with Crippen LogP contribution in [0.5, 0.6) is 0 Å². The van der Waals surface area contributed by atoms with Crippen LogP contribution in [0.4, 0.5) is 16.3 Å². The van der Waals surface area contributed by atoms with Crippen molar-refractivity contribution in [2.24, 2.45) is 0 Å². The maximum absolute atomic E-state index is 13.5. The monoisotopic (exact) mass is 471 g/mol. The molecular weight excluding hydrogens is 434 g/mol. The molecule has 1 aliphatic rings. The number of para-hydroxylation sites is 1. The molecule has 9 heteroatoms. The van der Waals surface area contributed by atoms with Gasteiger partial charge < -0.3 is 24.8 Å². The Morgan fingerprint density at radius 3 is 2.29 bits per heavy atom. The number of urea groups is 1. The summed E-state index contributed by atoms with van der Waals surface area (Å²) in [5.41, 5.74) is 2.99. The number of morpholine rings is 1. The first kappa shape index (κ1) is 25.7. The van der Waals surface area contributed by atoms with Crippen molar-refractivity contribution in [2.75, 3.05) is 56.6 Å². The predicted octanol–water partition coefficient (Wildman–Crippen LogP) is 4.03. The third-order valence-electron chi connectivity index (χ3n) is 5.91. The van der Waals surface area contributed by atoms with Crippen LogP contribution in [0.2, 0.25) is 0 Å². The molecule has 2 N–H and O–H groups in total. The fourth-order valence-electron chi connectivity index (χ4n) is 4.00. The van der Waals surface area contributed by atoms with E-state index in [4.69, 9.17) is 9.26 Å². The summed E-state index contributed by atoms with van der Waals surface area (Å²) in [5, 5.41) is 9.65. The zero-order valence-electron chi connectivity index (χ0n) is 20.9. The van der Waals surface area contributed by atoms with E-state index in [1.165, 1.54) is 0 Å². The topological polar surface area (TPSA) is 99.9 Å². The molecule has 1 aliphatic heterocycles. The van der Waals surface area contributed by atoms with E-state index in [1.54, 1.807) is 17.9 Å². The molecule has 1 fully saturated rings. The largest absolute Gasteiger partial charge is 0.379 e. The van der Waals surface area contributed by atoms with Crippen LogP contribution < -0.4 is 10.6 Å². The Bertz CT molecular complexity index is 940. The molecule has 2 heterocycles. The van der Waals surface area contributed by atoms with Crippen molar-refractivity contribution in [1.29, 1.82) is 0 Å². The number of rotatable bonds is 9. The van der Waals surface area contributed by atoms with Crippen molar-refractivity contribution < 1.29 is 18.8 Å². The number of hydrogen-bond donors (Lipinski definition) is 2. The first-order valence-corrected chi connectivity index (χ1v) is 12.0. The van der Waals surface area contributed by atoms with Crippen molar-refractivity contribution >= 4 is 23.4 Å². The number of carbonyl (C=O) groups is 2. The molecule has 0 aliphatic carbocycles. The highest BCUT2D eigenvalue weighted by molar-refractivity contribution is 5.97. The van der Waals surface area contributed by atoms with Crippen LogP contribution in [0.1, 0.15) is 56.4 Å². The molecule has 1 aromatic heterocycles. The normalized spacial score (nSPS) is 14.4. The van der Waals surface area contributed by atoms with E-state index < -0.39 is 0 Å². The van der Waals surface area contributed by atoms with Gasteiger partial charge in [-0.25, -0.2) is 4.79 Å². The third-order valence-corrected chi connectivity index (χ3v) is 5.91. The summed E-state index contributed by atoms with van der Waals surface area (Å²) in [7, 11) is 0. The van der Waals surface area contributed by atoms with Crippen molar-refractivity contribution in [3.8, 4) is 0 Å². The number of nitrogens with one attached hydrogen (secondary N) is 2. The Morgan fingerprint density at radius 2 is 1.74 bits per heavy atom. The average molecular weight is 472 g/mol. The number of aromatic nitrogens is 1. The van der Waals surface area contributed by atoms with E-state index in [9.17, 15) is 9.59 Å². The second-order valence-corrected chi connectivity index (χ2v) is 9.30. The molecule has 0 saturated carbocycles. The van der Waals surface area contributed by atoms with Crippen LogP contribution in [0, 0.1) is 6.92 Å². The number of hydrogen-bond acceptors (Lipinski definition) is 6. The minimum absolute atomic E-state index is 0.0943. The molecule has 3 amide bonds. The summed E-state index contributed by atoms with van der Waals surface area (Å²) in [6, 6.07) is 7.47. The molecule has 3 rings (SSSR count). The van der Waals surface area contributed by atoms with Gasteiger partial charge in [0.1, 0.15) is 12.3 Å². The van der Waals surface area contributed by atoms with Crippen molar-refractivity contribution in [3.63, 3.8) is 0 Å². The Labute approximate surface area is 201 Å². The third kappa shape index (κ3) is 7.04. The van der Waals surface area contributed by atoms with Gasteiger partial charge in [0.25, 0.3) is 0 Å². The lowest BCUT2D eigenvalue weighted by atomic mass is 9.93. The Morgan fingerprint density at radius 1 is 1.09 bits per heavy atom. The van der Waals surface area contributed by atoms with Crippen molar-refractivity contribution in [3.05, 3.63) is 41.2 Å². The van der Waals surface area contributed by atoms with Gasteiger partial charge in [-0.15, -0.1) is 0 Å². The number of aryl methyl sites for hydroxylation is 1. The van der Waals surface area contributed by atoms with Crippen LogP contribution >= 0.6 is 0 Å². The molecule has 1 aromatic carbocycles. The number of ether oxygens (including phenoxy) is 1. The second kappa shape index (κ2) is 12.0. The zero-order valence-corrected chi connectivity index (χ0v) is 20.9. The highest BCUT2D eigenvalue weighted by atomic mass is 16.5. The maximum atomic E-state index is 13.5. The van der Waals surface area contributed by atoms with Crippen LogP contribution in [-0.2, 0) is 9.53 Å². The minimum Gasteiger partial charge on any atom is -0.379 e. The Hall–Kier alpha value is -2.91. The molecule has 34 heavy (non-hydrogen) atoms. The molecule has 0 unspecified atom stereocenters. The molecule has 1 saturated heterocycles. The SMILES string of the molecule is Cc1cc(NC(=O)CN(CCN2CCOCC2)C(=O)Nc2c(C(C)C)cccc2C(C)C)no1. The fraction of sp³-hybridized carbons (Fsp3) is 0.560. The van der Waals surface area contributed by atoms with Gasteiger partial charge >= 0.3 is 6.03 Å². The summed E-state index contributed by atoms with van der Waals surface area (Å²) in [4.78, 5) is 30.0. The number of carbonyl (C=O) groups excluding carboxylic acids is 2. The van der Waals surface area contributed by atoms with Gasteiger partial charge in [0.15, 0.2) is 5.82 Å². The summed E-state index contributed by atoms with van der Waals surface area (Å²) in [6.45, 7) is 14.2. The van der Waals surface area contributed by atoms with Crippen LogP contribution in [0.15, 0.2) is 28.8 Å². The molecule has 2 aromatic rings. The van der Waals surface area contributed by atoms with E-state index in [0.717, 1.165) is 29.9 Å². The van der Waals surface area contributed by atoms with E-state index in [2.05, 4.69) is 48.4 Å². The lowest BCUT2D eigenvalue weighted by molar-refractivity contribution is -0.116. The molecule has 0 bridgehead atoms. The van der Waals surface area contributed by atoms with Crippen molar-refractivity contribution in [2.45, 2.75) is 46.5 Å². The van der Waals surface area contributed by atoms with E-state index >= 15 is 0 Å². The zero-order chi connectivity index (χ0) is 24.7. The number of anilines is 2. The van der Waals surface area contributed by atoms with Crippen molar-refractivity contribution in [1.82, 2.24) is 15.0 Å². The summed E-state index contributed by atoms with van der Waals surface area (Å²) < 4.78 is 10.4. The van der Waals surface area contributed by atoms with Crippen LogP contribution in [0.3, 0.4) is 0 Å². The summed E-state index contributed by atoms with van der Waals surface area (Å²) >= 11 is 0. The maximum Gasteiger partial charge on any atom is 0.322 e. The quantitative estimate of drug-likeness (QED) is 0.573. The van der Waals surface area contributed by atoms with E-state index in [0.29, 0.717) is 37.9 Å². The van der Waals surface area contributed by atoms with Gasteiger partial charge in [-0.2, -0.15) is 0 Å². The minimum atomic E-state index is -0.327. The van der Waals surface area contributed by atoms with Gasteiger partial charge in [-0.3, -0.25) is 9.69 Å². The van der Waals surface area contributed by atoms with Gasteiger partial charge in [0.05, 0.1) is 13.2 Å². The molecular formula is C25H37N5O4. The highest BCUT2D eigenvalue weighted by Crippen LogP contribution is 2.32. The highest BCUT2D eigenvalue weighted by Gasteiger charge is 2.23. The lowest BCUT2D eigenvalue weighted by Crippen LogP contribution is -2.46. The van der Waals surface area contributed by atoms with E-state index in [1.807, 2.05) is 18.2 Å². The summed E-state index contributed by atoms with van der Waals surface area (Å²) in [5.74, 6) is 1.10. The standard InChI is InChI=1S/C25H37N5O4/c1-17(2)20-7-6-8-21(18(3)4)24(20)27-25(32)30(10-9-29-11-13-33-14-12-29)16-23(31)26-22-15-19(5)34-28-22/h6-8,15,17-18H,9-14,16H2,1-5H3,(H,27,32)(H,26,28,31). The van der Waals surface area contributed by atoms with Gasteiger partial charge in [-0.05, 0) is 29.9 Å². The van der Waals surface area contributed by atoms with Gasteiger partial charge in [0.2, 0.25) is 5.91 Å². The number of benzene rings is 1. The predicted molar refractivity (Wildman–Crippen MR) is 132 cm³/mol. The average Bonchev–Trinajstić information content (AvgIpc) is 3.21. The van der Waals surface area contributed by atoms with Gasteiger partial charge in [0, 0.05) is 37.9 Å². The lowest BCUT2D eigenvalue weighted by Gasteiger charge is -2.30. The Balaban J connectivity index is 1.77. The molecule has 0 spiro atoms. The molecule has 0 atom stereocenters. The molecule has 9 nitrogen and oxygen atoms in total. The van der Waals surface area contributed by atoms with Gasteiger partial charge in [-0.1, -0.05) is 51.1 Å². The van der Waals surface area contributed by atoms with Crippen LogP contribution in [-0.4, -0.2) is 72.8 Å². The molecule has 186 valence electrons.